The highest BCUT2D eigenvalue weighted by Crippen LogP contribution is 2.53. The van der Waals surface area contributed by atoms with Crippen LogP contribution in [0.25, 0.3) is 11.3 Å². The van der Waals surface area contributed by atoms with E-state index in [1.807, 2.05) is 24.4 Å². The Labute approximate surface area is 201 Å². The number of nitriles is 1. The molecule has 0 N–H and O–H groups in total. The number of thiazole rings is 1. The third kappa shape index (κ3) is 4.24. The molecule has 8 heteroatoms. The molecule has 0 radical (unpaired) electrons. The van der Waals surface area contributed by atoms with E-state index in [2.05, 4.69) is 36.9 Å². The average molecular weight is 478 g/mol. The first-order chi connectivity index (χ1) is 16.2. The molecule has 2 aromatic carbocycles. The van der Waals surface area contributed by atoms with Gasteiger partial charge in [0.2, 0.25) is 0 Å². The third-order valence-electron chi connectivity index (χ3n) is 6.57. The molecule has 2 aromatic heterocycles. The molecular formula is C26H25F2N5S. The first-order valence-corrected chi connectivity index (χ1v) is 11.8. The highest BCUT2D eigenvalue weighted by atomic mass is 32.1. The second-order valence-electron chi connectivity index (χ2n) is 9.42. The van der Waals surface area contributed by atoms with Crippen LogP contribution in [0.5, 0.6) is 0 Å². The van der Waals surface area contributed by atoms with Gasteiger partial charge in [-0.1, -0.05) is 45.9 Å². The number of hydrogen-bond acceptors (Lipinski definition) is 5. The maximum Gasteiger partial charge on any atom is 0.137 e. The minimum absolute atomic E-state index is 0.242. The summed E-state index contributed by atoms with van der Waals surface area (Å²) < 4.78 is 31.0. The Morgan fingerprint density at radius 3 is 2.44 bits per heavy atom. The Morgan fingerprint density at radius 2 is 1.85 bits per heavy atom. The van der Waals surface area contributed by atoms with Crippen LogP contribution in [-0.2, 0) is 12.0 Å². The van der Waals surface area contributed by atoms with Crippen molar-refractivity contribution >= 4 is 11.3 Å². The predicted octanol–water partition coefficient (Wildman–Crippen LogP) is 6.34. The van der Waals surface area contributed by atoms with Gasteiger partial charge in [-0.2, -0.15) is 10.4 Å². The molecule has 0 unspecified atom stereocenters. The normalized spacial score (nSPS) is 14.4. The van der Waals surface area contributed by atoms with Gasteiger partial charge in [-0.05, 0) is 29.2 Å². The summed E-state index contributed by atoms with van der Waals surface area (Å²) in [7, 11) is 0. The average Bonchev–Trinajstić information content (AvgIpc) is 3.49. The zero-order valence-electron chi connectivity index (χ0n) is 19.5. The molecule has 0 saturated heterocycles. The van der Waals surface area contributed by atoms with Gasteiger partial charge in [-0.25, -0.2) is 18.7 Å². The van der Waals surface area contributed by atoms with Crippen LogP contribution in [-0.4, -0.2) is 19.7 Å². The Kier molecular flexibility index (Phi) is 6.32. The van der Waals surface area contributed by atoms with Gasteiger partial charge in [-0.3, -0.25) is 4.68 Å². The predicted molar refractivity (Wildman–Crippen MR) is 128 cm³/mol. The van der Waals surface area contributed by atoms with Crippen LogP contribution in [0, 0.1) is 28.4 Å². The topological polar surface area (TPSA) is 67.4 Å². The third-order valence-corrected chi connectivity index (χ3v) is 7.60. The van der Waals surface area contributed by atoms with Crippen molar-refractivity contribution in [3.8, 4) is 17.3 Å². The van der Waals surface area contributed by atoms with Gasteiger partial charge in [0.1, 0.15) is 24.3 Å². The minimum Gasteiger partial charge on any atom is -0.252 e. The maximum atomic E-state index is 15.4. The van der Waals surface area contributed by atoms with Crippen LogP contribution in [0.3, 0.4) is 0 Å². The van der Waals surface area contributed by atoms with Crippen molar-refractivity contribution in [1.29, 1.82) is 5.26 Å². The number of nitrogens with zero attached hydrogens (tertiary/aromatic N) is 5. The second kappa shape index (κ2) is 9.07. The van der Waals surface area contributed by atoms with Crippen molar-refractivity contribution in [3.05, 3.63) is 88.3 Å². The van der Waals surface area contributed by atoms with Gasteiger partial charge in [0.25, 0.3) is 0 Å². The first kappa shape index (κ1) is 23.7. The number of rotatable bonds is 6. The van der Waals surface area contributed by atoms with Gasteiger partial charge < -0.3 is 0 Å². The largest absolute Gasteiger partial charge is 0.252 e. The summed E-state index contributed by atoms with van der Waals surface area (Å²) in [5.74, 6) is -1.45. The highest BCUT2D eigenvalue weighted by Gasteiger charge is 2.51. The molecule has 0 aliphatic rings. The zero-order valence-corrected chi connectivity index (χ0v) is 20.3. The molecule has 0 saturated carbocycles. The molecular weight excluding hydrogens is 452 g/mol. The molecule has 2 atom stereocenters. The summed E-state index contributed by atoms with van der Waals surface area (Å²) in [5, 5.41) is 16.2. The van der Waals surface area contributed by atoms with E-state index in [1.165, 1.54) is 23.7 Å². The summed E-state index contributed by atoms with van der Waals surface area (Å²) in [6, 6.07) is 13.2. The Balaban J connectivity index is 1.86. The van der Waals surface area contributed by atoms with Crippen LogP contribution in [0.15, 0.2) is 60.5 Å². The van der Waals surface area contributed by atoms with E-state index in [9.17, 15) is 4.39 Å². The van der Waals surface area contributed by atoms with Crippen molar-refractivity contribution < 1.29 is 8.78 Å². The maximum absolute atomic E-state index is 15.4. The smallest absolute Gasteiger partial charge is 0.137 e. The van der Waals surface area contributed by atoms with Crippen LogP contribution < -0.4 is 0 Å². The molecule has 4 aromatic rings. The highest BCUT2D eigenvalue weighted by molar-refractivity contribution is 7.10. The minimum atomic E-state index is -0.821. The van der Waals surface area contributed by atoms with E-state index in [-0.39, 0.29) is 5.92 Å². The van der Waals surface area contributed by atoms with Crippen LogP contribution in [0.4, 0.5) is 8.78 Å². The molecule has 2 heterocycles. The Bertz CT molecular complexity index is 1320. The summed E-state index contributed by atoms with van der Waals surface area (Å²) in [6.45, 7) is 8.54. The fraction of sp³-hybridized carbons (Fsp3) is 0.308. The lowest BCUT2D eigenvalue weighted by atomic mass is 9.56. The molecule has 4 rings (SSSR count). The quantitative estimate of drug-likeness (QED) is 0.325. The SMILES string of the molecule is C[C@@H](c1nc(-c2ccc(C#N)cc2)cs1)[C@](Cn1cncn1)(c1ccc(F)cc1F)C(C)(C)C. The zero-order chi connectivity index (χ0) is 24.5. The molecule has 0 spiro atoms. The van der Waals surface area contributed by atoms with Crippen molar-refractivity contribution in [3.63, 3.8) is 0 Å². The molecule has 0 amide bonds. The van der Waals surface area contributed by atoms with Crippen LogP contribution in [0.2, 0.25) is 0 Å². The number of hydrogen-bond donors (Lipinski definition) is 0. The van der Waals surface area contributed by atoms with Gasteiger partial charge in [0.15, 0.2) is 0 Å². The van der Waals surface area contributed by atoms with Gasteiger partial charge in [0.05, 0.1) is 28.9 Å². The van der Waals surface area contributed by atoms with Crippen LogP contribution >= 0.6 is 11.3 Å². The molecule has 34 heavy (non-hydrogen) atoms. The molecule has 5 nitrogen and oxygen atoms in total. The van der Waals surface area contributed by atoms with Crippen molar-refractivity contribution in [2.24, 2.45) is 5.41 Å². The van der Waals surface area contributed by atoms with E-state index in [0.717, 1.165) is 22.3 Å². The molecule has 174 valence electrons. The van der Waals surface area contributed by atoms with E-state index in [1.54, 1.807) is 29.2 Å². The van der Waals surface area contributed by atoms with Gasteiger partial charge in [0, 0.05) is 28.3 Å². The summed E-state index contributed by atoms with van der Waals surface area (Å²) in [5.41, 5.74) is 1.41. The molecule has 0 aliphatic carbocycles. The summed E-state index contributed by atoms with van der Waals surface area (Å²) in [6.07, 6.45) is 3.06. The van der Waals surface area contributed by atoms with E-state index in [4.69, 9.17) is 10.2 Å². The van der Waals surface area contributed by atoms with E-state index >= 15 is 4.39 Å². The lowest BCUT2D eigenvalue weighted by Crippen LogP contribution is -2.48. The summed E-state index contributed by atoms with van der Waals surface area (Å²) >= 11 is 1.50. The number of benzene rings is 2. The van der Waals surface area contributed by atoms with Crippen molar-refractivity contribution in [2.45, 2.75) is 45.6 Å². The molecule has 0 aliphatic heterocycles. The lowest BCUT2D eigenvalue weighted by Gasteiger charge is -2.49. The van der Waals surface area contributed by atoms with Crippen molar-refractivity contribution in [2.75, 3.05) is 0 Å². The summed E-state index contributed by atoms with van der Waals surface area (Å²) in [4.78, 5) is 8.98. The fourth-order valence-electron chi connectivity index (χ4n) is 4.71. The molecule has 0 fully saturated rings. The number of aromatic nitrogens is 4. The van der Waals surface area contributed by atoms with Gasteiger partial charge in [-0.15, -0.1) is 11.3 Å². The fourth-order valence-corrected chi connectivity index (χ4v) is 5.69. The van der Waals surface area contributed by atoms with E-state index in [0.29, 0.717) is 17.7 Å². The van der Waals surface area contributed by atoms with E-state index < -0.39 is 22.5 Å². The van der Waals surface area contributed by atoms with Gasteiger partial charge >= 0.3 is 0 Å². The van der Waals surface area contributed by atoms with Crippen molar-refractivity contribution in [1.82, 2.24) is 19.7 Å². The van der Waals surface area contributed by atoms with Crippen LogP contribution in [0.1, 0.15) is 49.7 Å². The Hall–Kier alpha value is -3.44. The second-order valence-corrected chi connectivity index (χ2v) is 10.3. The molecule has 0 bridgehead atoms. The number of halogens is 2. The lowest BCUT2D eigenvalue weighted by molar-refractivity contribution is 0.115. The first-order valence-electron chi connectivity index (χ1n) is 10.9. The standard InChI is InChI=1S/C26H25F2N5S/c1-17(24-32-23(13-34-24)19-7-5-18(12-29)6-8-19)26(25(2,3)4,14-33-16-30-15-31-33)21-10-9-20(27)11-22(21)28/h5-11,13,15-17H,14H2,1-4H3/t17-,26+/m0/s1. The monoisotopic (exact) mass is 477 g/mol. The Morgan fingerprint density at radius 1 is 1.12 bits per heavy atom.